The van der Waals surface area contributed by atoms with Gasteiger partial charge in [-0.05, 0) is 53.9 Å². The van der Waals surface area contributed by atoms with Crippen LogP contribution in [0.25, 0.3) is 0 Å². The van der Waals surface area contributed by atoms with Crippen LogP contribution in [-0.2, 0) is 4.74 Å². The summed E-state index contributed by atoms with van der Waals surface area (Å²) < 4.78 is 5.41. The van der Waals surface area contributed by atoms with Crippen molar-refractivity contribution in [1.82, 2.24) is 4.90 Å². The van der Waals surface area contributed by atoms with Gasteiger partial charge in [-0.3, -0.25) is 0 Å². The van der Waals surface area contributed by atoms with E-state index in [-0.39, 0.29) is 11.6 Å². The van der Waals surface area contributed by atoms with E-state index in [1.165, 1.54) is 0 Å². The standard InChI is InChI=1S/C13H26N2O2/c1-12(2,3)17-11(16)15(10-6-7-10)9-8-13(4,5)14/h10H,6-9,14H2,1-5H3. The van der Waals surface area contributed by atoms with Crippen molar-refractivity contribution in [2.45, 2.75) is 71.1 Å². The summed E-state index contributed by atoms with van der Waals surface area (Å²) in [5, 5.41) is 0. The summed E-state index contributed by atoms with van der Waals surface area (Å²) in [6.07, 6.45) is 2.77. The van der Waals surface area contributed by atoms with E-state index in [9.17, 15) is 4.79 Å². The molecule has 1 aliphatic carbocycles. The van der Waals surface area contributed by atoms with Crippen LogP contribution in [0.4, 0.5) is 4.79 Å². The fourth-order valence-corrected chi connectivity index (χ4v) is 1.54. The van der Waals surface area contributed by atoms with Crippen LogP contribution in [0, 0.1) is 0 Å². The molecule has 1 aliphatic rings. The second kappa shape index (κ2) is 4.84. The van der Waals surface area contributed by atoms with Crippen molar-refractivity contribution in [2.24, 2.45) is 5.73 Å². The van der Waals surface area contributed by atoms with Crippen LogP contribution < -0.4 is 5.73 Å². The van der Waals surface area contributed by atoms with E-state index in [1.807, 2.05) is 39.5 Å². The second-order valence-corrected chi connectivity index (χ2v) is 6.64. The molecule has 0 aromatic carbocycles. The molecule has 1 rings (SSSR count). The summed E-state index contributed by atoms with van der Waals surface area (Å²) in [5.41, 5.74) is 5.28. The third-order valence-corrected chi connectivity index (χ3v) is 2.61. The molecule has 0 aromatic rings. The number of hydrogen-bond donors (Lipinski definition) is 1. The minimum absolute atomic E-state index is 0.204. The van der Waals surface area contributed by atoms with Crippen LogP contribution in [-0.4, -0.2) is 34.7 Å². The maximum atomic E-state index is 12.0. The molecule has 1 fully saturated rings. The van der Waals surface area contributed by atoms with E-state index in [4.69, 9.17) is 10.5 Å². The maximum absolute atomic E-state index is 12.0. The van der Waals surface area contributed by atoms with Gasteiger partial charge >= 0.3 is 6.09 Å². The van der Waals surface area contributed by atoms with Crippen molar-refractivity contribution in [3.05, 3.63) is 0 Å². The van der Waals surface area contributed by atoms with Gasteiger partial charge in [-0.1, -0.05) is 0 Å². The third-order valence-electron chi connectivity index (χ3n) is 2.61. The lowest BCUT2D eigenvalue weighted by Gasteiger charge is -2.29. The van der Waals surface area contributed by atoms with E-state index in [0.29, 0.717) is 12.6 Å². The van der Waals surface area contributed by atoms with Crippen molar-refractivity contribution in [3.63, 3.8) is 0 Å². The van der Waals surface area contributed by atoms with Crippen molar-refractivity contribution in [2.75, 3.05) is 6.54 Å². The van der Waals surface area contributed by atoms with E-state index >= 15 is 0 Å². The van der Waals surface area contributed by atoms with E-state index in [2.05, 4.69) is 0 Å². The number of nitrogens with two attached hydrogens (primary N) is 1. The Bertz CT molecular complexity index is 272. The van der Waals surface area contributed by atoms with Gasteiger partial charge in [0.05, 0.1) is 0 Å². The van der Waals surface area contributed by atoms with Gasteiger partial charge in [0.2, 0.25) is 0 Å². The average Bonchev–Trinajstić information content (AvgIpc) is 2.82. The van der Waals surface area contributed by atoms with Crippen molar-refractivity contribution < 1.29 is 9.53 Å². The van der Waals surface area contributed by atoms with Crippen LogP contribution in [0.2, 0.25) is 0 Å². The Balaban J connectivity index is 2.51. The molecule has 4 heteroatoms. The van der Waals surface area contributed by atoms with Gasteiger partial charge in [0.15, 0.2) is 0 Å². The Morgan fingerprint density at radius 3 is 2.18 bits per heavy atom. The summed E-state index contributed by atoms with van der Waals surface area (Å²) >= 11 is 0. The topological polar surface area (TPSA) is 55.6 Å². The first kappa shape index (κ1) is 14.3. The number of hydrogen-bond acceptors (Lipinski definition) is 3. The van der Waals surface area contributed by atoms with Gasteiger partial charge in [-0.15, -0.1) is 0 Å². The highest BCUT2D eigenvalue weighted by molar-refractivity contribution is 5.69. The van der Waals surface area contributed by atoms with Crippen molar-refractivity contribution in [1.29, 1.82) is 0 Å². The fourth-order valence-electron chi connectivity index (χ4n) is 1.54. The first-order valence-corrected chi connectivity index (χ1v) is 6.37. The molecule has 0 aromatic heterocycles. The van der Waals surface area contributed by atoms with Crippen LogP contribution in [0.5, 0.6) is 0 Å². The number of rotatable bonds is 4. The maximum Gasteiger partial charge on any atom is 0.410 e. The molecule has 0 radical (unpaired) electrons. The molecule has 17 heavy (non-hydrogen) atoms. The summed E-state index contributed by atoms with van der Waals surface area (Å²) in [7, 11) is 0. The molecule has 0 saturated heterocycles. The summed E-state index contributed by atoms with van der Waals surface area (Å²) in [4.78, 5) is 13.9. The van der Waals surface area contributed by atoms with Gasteiger partial charge in [-0.25, -0.2) is 4.79 Å². The molecule has 0 atom stereocenters. The molecule has 2 N–H and O–H groups in total. The van der Waals surface area contributed by atoms with Gasteiger partial charge < -0.3 is 15.4 Å². The predicted octanol–water partition coefficient (Wildman–Crippen LogP) is 2.51. The molecular weight excluding hydrogens is 216 g/mol. The highest BCUT2D eigenvalue weighted by Gasteiger charge is 2.35. The van der Waals surface area contributed by atoms with Gasteiger partial charge in [0.25, 0.3) is 0 Å². The fraction of sp³-hybridized carbons (Fsp3) is 0.923. The normalized spacial score (nSPS) is 16.8. The zero-order valence-electron chi connectivity index (χ0n) is 11.7. The predicted molar refractivity (Wildman–Crippen MR) is 68.8 cm³/mol. The summed E-state index contributed by atoms with van der Waals surface area (Å²) in [6, 6.07) is 0.368. The highest BCUT2D eigenvalue weighted by atomic mass is 16.6. The molecule has 1 saturated carbocycles. The summed E-state index contributed by atoms with van der Waals surface area (Å²) in [5.74, 6) is 0. The SMILES string of the molecule is CC(C)(N)CCN(C(=O)OC(C)(C)C)C1CC1. The molecule has 0 heterocycles. The van der Waals surface area contributed by atoms with Crippen LogP contribution in [0.1, 0.15) is 53.9 Å². The minimum Gasteiger partial charge on any atom is -0.444 e. The molecule has 0 aliphatic heterocycles. The van der Waals surface area contributed by atoms with Crippen molar-refractivity contribution in [3.8, 4) is 0 Å². The second-order valence-electron chi connectivity index (χ2n) is 6.64. The van der Waals surface area contributed by atoms with E-state index < -0.39 is 5.60 Å². The van der Waals surface area contributed by atoms with Gasteiger partial charge in [0, 0.05) is 18.1 Å². The Morgan fingerprint density at radius 1 is 1.29 bits per heavy atom. The lowest BCUT2D eigenvalue weighted by Crippen LogP contribution is -2.43. The molecule has 0 unspecified atom stereocenters. The first-order chi connectivity index (χ1) is 7.58. The van der Waals surface area contributed by atoms with Gasteiger partial charge in [-0.2, -0.15) is 0 Å². The largest absolute Gasteiger partial charge is 0.444 e. The third kappa shape index (κ3) is 5.91. The summed E-state index contributed by atoms with van der Waals surface area (Å²) in [6.45, 7) is 10.3. The minimum atomic E-state index is -0.428. The first-order valence-electron chi connectivity index (χ1n) is 6.37. The Morgan fingerprint density at radius 2 is 1.82 bits per heavy atom. The highest BCUT2D eigenvalue weighted by Crippen LogP contribution is 2.29. The van der Waals surface area contributed by atoms with Crippen LogP contribution in [0.3, 0.4) is 0 Å². The average molecular weight is 242 g/mol. The number of carbonyl (C=O) groups excluding carboxylic acids is 1. The quantitative estimate of drug-likeness (QED) is 0.824. The number of nitrogens with zero attached hydrogens (tertiary/aromatic N) is 1. The lowest BCUT2D eigenvalue weighted by molar-refractivity contribution is 0.0223. The molecule has 0 spiro atoms. The number of ether oxygens (including phenoxy) is 1. The molecular formula is C13H26N2O2. The monoisotopic (exact) mass is 242 g/mol. The van der Waals surface area contributed by atoms with Crippen molar-refractivity contribution >= 4 is 6.09 Å². The zero-order valence-corrected chi connectivity index (χ0v) is 11.7. The molecule has 100 valence electrons. The van der Waals surface area contributed by atoms with Crippen LogP contribution >= 0.6 is 0 Å². The van der Waals surface area contributed by atoms with E-state index in [1.54, 1.807) is 0 Å². The Kier molecular flexibility index (Phi) is 4.07. The van der Waals surface area contributed by atoms with Gasteiger partial charge in [0.1, 0.15) is 5.60 Å². The number of amides is 1. The zero-order chi connectivity index (χ0) is 13.3. The Labute approximate surface area is 104 Å². The van der Waals surface area contributed by atoms with Crippen LogP contribution in [0.15, 0.2) is 0 Å². The molecule has 0 bridgehead atoms. The smallest absolute Gasteiger partial charge is 0.410 e. The molecule has 4 nitrogen and oxygen atoms in total. The number of carbonyl (C=O) groups is 1. The Hall–Kier alpha value is -0.770. The lowest BCUT2D eigenvalue weighted by atomic mass is 10.0. The molecule has 1 amide bonds. The van der Waals surface area contributed by atoms with E-state index in [0.717, 1.165) is 19.3 Å².